The standard InChI is InChI=1S/C30H29F5N4O6S/c1-2-46(41,42)25-10-5-19(6-11-25)26(13-14-36)38-28(40)20-3-7-21(8-4-20)39-17-24(15-22(39)18-43-29(31)32)44-27-12-9-23(16-37-27)45-30(33,34)35/h3-12,16,22,24,26,29H,2,13,15,17-18H2,1H3,(H,38,40)/t22-,24-,26+/m0/s1. The highest BCUT2D eigenvalue weighted by molar-refractivity contribution is 7.91. The molecule has 16 heteroatoms. The number of hydrogen-bond donors (Lipinski definition) is 1. The lowest BCUT2D eigenvalue weighted by atomic mass is 10.0. The van der Waals surface area contributed by atoms with Crippen LogP contribution in [0.1, 0.15) is 41.7 Å². The molecule has 246 valence electrons. The summed E-state index contributed by atoms with van der Waals surface area (Å²) >= 11 is 0. The Morgan fingerprint density at radius 1 is 1.11 bits per heavy atom. The quantitative estimate of drug-likeness (QED) is 0.237. The van der Waals surface area contributed by atoms with Crippen LogP contribution in [-0.4, -0.2) is 63.3 Å². The van der Waals surface area contributed by atoms with Gasteiger partial charge >= 0.3 is 13.0 Å². The largest absolute Gasteiger partial charge is 0.573 e. The summed E-state index contributed by atoms with van der Waals surface area (Å²) in [6, 6.07) is 15.2. The number of hydrogen-bond acceptors (Lipinski definition) is 9. The highest BCUT2D eigenvalue weighted by Crippen LogP contribution is 2.30. The van der Waals surface area contributed by atoms with Crippen LogP contribution in [0.15, 0.2) is 71.8 Å². The first-order valence-electron chi connectivity index (χ1n) is 13.9. The number of carbonyl (C=O) groups is 1. The zero-order valence-electron chi connectivity index (χ0n) is 24.3. The Morgan fingerprint density at radius 2 is 1.80 bits per heavy atom. The minimum absolute atomic E-state index is 0.00970. The third-order valence-corrected chi connectivity index (χ3v) is 8.85. The van der Waals surface area contributed by atoms with Crippen LogP contribution in [0.25, 0.3) is 0 Å². The average Bonchev–Trinajstić information content (AvgIpc) is 3.42. The Hall–Kier alpha value is -4.49. The number of rotatable bonds is 13. The minimum Gasteiger partial charge on any atom is -0.472 e. The number of nitrogens with zero attached hydrogens (tertiary/aromatic N) is 3. The van der Waals surface area contributed by atoms with Gasteiger partial charge in [0.2, 0.25) is 5.88 Å². The summed E-state index contributed by atoms with van der Waals surface area (Å²) in [6.07, 6.45) is -4.45. The third kappa shape index (κ3) is 9.27. The van der Waals surface area contributed by atoms with Crippen molar-refractivity contribution >= 4 is 21.4 Å². The van der Waals surface area contributed by atoms with Gasteiger partial charge in [0, 0.05) is 23.7 Å². The number of amides is 1. The molecule has 1 N–H and O–H groups in total. The van der Waals surface area contributed by atoms with Crippen molar-refractivity contribution in [1.82, 2.24) is 10.3 Å². The van der Waals surface area contributed by atoms with Crippen LogP contribution < -0.4 is 19.7 Å². The van der Waals surface area contributed by atoms with Crippen LogP contribution in [0.2, 0.25) is 0 Å². The molecule has 0 radical (unpaired) electrons. The molecule has 1 aliphatic heterocycles. The number of nitriles is 1. The predicted molar refractivity (Wildman–Crippen MR) is 154 cm³/mol. The first-order chi connectivity index (χ1) is 21.8. The summed E-state index contributed by atoms with van der Waals surface area (Å²) < 4.78 is 101. The third-order valence-electron chi connectivity index (χ3n) is 7.10. The highest BCUT2D eigenvalue weighted by atomic mass is 32.2. The smallest absolute Gasteiger partial charge is 0.472 e. The van der Waals surface area contributed by atoms with Crippen molar-refractivity contribution in [3.8, 4) is 17.7 Å². The number of benzene rings is 2. The lowest BCUT2D eigenvalue weighted by molar-refractivity contribution is -0.274. The lowest BCUT2D eigenvalue weighted by Crippen LogP contribution is -2.34. The van der Waals surface area contributed by atoms with E-state index in [1.54, 1.807) is 29.2 Å². The monoisotopic (exact) mass is 668 g/mol. The number of ether oxygens (including phenoxy) is 3. The summed E-state index contributed by atoms with van der Waals surface area (Å²) in [5, 5.41) is 12.1. The van der Waals surface area contributed by atoms with Gasteiger partial charge in [0.25, 0.3) is 5.91 Å². The predicted octanol–water partition coefficient (Wildman–Crippen LogP) is 5.42. The number of alkyl halides is 5. The van der Waals surface area contributed by atoms with Gasteiger partial charge in [-0.3, -0.25) is 4.79 Å². The van der Waals surface area contributed by atoms with Crippen LogP contribution in [0.3, 0.4) is 0 Å². The second-order valence-corrected chi connectivity index (χ2v) is 12.4. The van der Waals surface area contributed by atoms with Crippen molar-refractivity contribution < 1.29 is 49.4 Å². The van der Waals surface area contributed by atoms with Gasteiger partial charge in [-0.05, 0) is 48.0 Å². The van der Waals surface area contributed by atoms with Crippen molar-refractivity contribution in [2.45, 2.75) is 55.8 Å². The molecule has 10 nitrogen and oxygen atoms in total. The van der Waals surface area contributed by atoms with Gasteiger partial charge in [0.1, 0.15) is 11.9 Å². The highest BCUT2D eigenvalue weighted by Gasteiger charge is 2.35. The Labute approximate surface area is 261 Å². The normalized spacial score (nSPS) is 17.4. The molecule has 1 amide bonds. The summed E-state index contributed by atoms with van der Waals surface area (Å²) in [4.78, 5) is 18.8. The fourth-order valence-electron chi connectivity index (χ4n) is 4.88. The Kier molecular flexibility index (Phi) is 11.0. The second kappa shape index (κ2) is 14.7. The first kappa shape index (κ1) is 34.4. The molecule has 1 aliphatic rings. The van der Waals surface area contributed by atoms with E-state index in [4.69, 9.17) is 4.74 Å². The van der Waals surface area contributed by atoms with Crippen molar-refractivity contribution in [1.29, 1.82) is 5.26 Å². The topological polar surface area (TPSA) is 131 Å². The second-order valence-electron chi connectivity index (χ2n) is 10.2. The maximum absolute atomic E-state index is 13.1. The van der Waals surface area contributed by atoms with E-state index in [9.17, 15) is 40.4 Å². The van der Waals surface area contributed by atoms with Gasteiger partial charge in [-0.1, -0.05) is 19.1 Å². The molecule has 0 spiro atoms. The molecular weight excluding hydrogens is 639 g/mol. The molecule has 0 saturated carbocycles. The molecule has 1 fully saturated rings. The molecule has 2 aromatic carbocycles. The first-order valence-corrected chi connectivity index (χ1v) is 15.6. The van der Waals surface area contributed by atoms with Crippen molar-refractivity contribution in [2.24, 2.45) is 0 Å². The Balaban J connectivity index is 1.44. The van der Waals surface area contributed by atoms with Gasteiger partial charge in [0.15, 0.2) is 9.84 Å². The molecular formula is C30H29F5N4O6S. The Morgan fingerprint density at radius 3 is 2.37 bits per heavy atom. The molecule has 1 aromatic heterocycles. The molecule has 3 atom stereocenters. The number of aromatic nitrogens is 1. The average molecular weight is 669 g/mol. The SMILES string of the molecule is CCS(=O)(=O)c1ccc([C@@H](CC#N)NC(=O)c2ccc(N3C[C@@H](Oc4ccc(OC(F)(F)F)cn4)C[C@H]3COC(F)F)cc2)cc1. The van der Waals surface area contributed by atoms with Gasteiger partial charge in [-0.2, -0.15) is 14.0 Å². The maximum Gasteiger partial charge on any atom is 0.573 e. The Bertz CT molecular complexity index is 1620. The molecule has 4 rings (SSSR count). The van der Waals surface area contributed by atoms with E-state index in [2.05, 4.69) is 19.8 Å². The van der Waals surface area contributed by atoms with E-state index in [-0.39, 0.29) is 48.1 Å². The number of carbonyl (C=O) groups excluding carboxylic acids is 1. The molecule has 3 aromatic rings. The number of halogens is 5. The van der Waals surface area contributed by atoms with Gasteiger partial charge in [-0.25, -0.2) is 13.4 Å². The van der Waals surface area contributed by atoms with Crippen LogP contribution in [0.5, 0.6) is 11.6 Å². The molecule has 0 bridgehead atoms. The number of pyridine rings is 1. The van der Waals surface area contributed by atoms with E-state index in [1.807, 2.05) is 6.07 Å². The van der Waals surface area contributed by atoms with Gasteiger partial charge in [0.05, 0.1) is 54.6 Å². The number of nitrogens with one attached hydrogen (secondary N) is 1. The summed E-state index contributed by atoms with van der Waals surface area (Å²) in [5.41, 5.74) is 1.35. The molecule has 0 aliphatic carbocycles. The van der Waals surface area contributed by atoms with E-state index in [0.717, 1.165) is 12.3 Å². The molecule has 46 heavy (non-hydrogen) atoms. The van der Waals surface area contributed by atoms with E-state index < -0.39 is 52.7 Å². The van der Waals surface area contributed by atoms with Crippen molar-refractivity contribution in [2.75, 3.05) is 23.8 Å². The van der Waals surface area contributed by atoms with Crippen LogP contribution in [0.4, 0.5) is 27.6 Å². The molecule has 0 unspecified atom stereocenters. The maximum atomic E-state index is 13.1. The summed E-state index contributed by atoms with van der Waals surface area (Å²) in [7, 11) is -3.42. The number of sulfone groups is 1. The lowest BCUT2D eigenvalue weighted by Gasteiger charge is -2.26. The van der Waals surface area contributed by atoms with E-state index in [1.165, 1.54) is 37.3 Å². The summed E-state index contributed by atoms with van der Waals surface area (Å²) in [6.45, 7) is -1.64. The fraction of sp³-hybridized carbons (Fsp3) is 0.367. The van der Waals surface area contributed by atoms with E-state index in [0.29, 0.717) is 11.3 Å². The fourth-order valence-corrected chi connectivity index (χ4v) is 5.77. The van der Waals surface area contributed by atoms with E-state index >= 15 is 0 Å². The van der Waals surface area contributed by atoms with Crippen molar-refractivity contribution in [3.63, 3.8) is 0 Å². The van der Waals surface area contributed by atoms with Crippen molar-refractivity contribution in [3.05, 3.63) is 78.0 Å². The summed E-state index contributed by atoms with van der Waals surface area (Å²) in [5.74, 6) is -1.09. The van der Waals surface area contributed by atoms with Gasteiger partial charge in [-0.15, -0.1) is 13.2 Å². The van der Waals surface area contributed by atoms with Gasteiger partial charge < -0.3 is 24.4 Å². The zero-order valence-corrected chi connectivity index (χ0v) is 25.1. The van der Waals surface area contributed by atoms with Crippen LogP contribution in [-0.2, 0) is 14.6 Å². The number of anilines is 1. The molecule has 2 heterocycles. The zero-order chi connectivity index (χ0) is 33.5. The molecule has 1 saturated heterocycles. The minimum atomic E-state index is -4.88. The van der Waals surface area contributed by atoms with Crippen LogP contribution >= 0.6 is 0 Å². The van der Waals surface area contributed by atoms with Crippen LogP contribution in [0, 0.1) is 11.3 Å².